The van der Waals surface area contributed by atoms with Crippen LogP contribution in [0.25, 0.3) is 11.0 Å². The fraction of sp³-hybridized carbons (Fsp3) is 0.161. The molecule has 1 aromatic heterocycles. The zero-order valence-corrected chi connectivity index (χ0v) is 21.9. The summed E-state index contributed by atoms with van der Waals surface area (Å²) in [6, 6.07) is 28.6. The normalized spacial score (nSPS) is 11.7. The summed E-state index contributed by atoms with van der Waals surface area (Å²) in [5.74, 6) is -1.000. The number of hydrogen-bond donors (Lipinski definition) is 1. The van der Waals surface area contributed by atoms with Crippen molar-refractivity contribution >= 4 is 22.8 Å². The second kappa shape index (κ2) is 12.2. The van der Waals surface area contributed by atoms with E-state index in [1.807, 2.05) is 66.7 Å². The average Bonchev–Trinajstić information content (AvgIpc) is 3.40. The molecule has 0 spiro atoms. The lowest BCUT2D eigenvalue weighted by molar-refractivity contribution is -0.142. The lowest BCUT2D eigenvalue weighted by Gasteiger charge is -2.32. The Balaban J connectivity index is 1.55. The molecule has 0 bridgehead atoms. The van der Waals surface area contributed by atoms with E-state index in [2.05, 4.69) is 15.6 Å². The number of para-hydroxylation sites is 2. The molecule has 4 aromatic carbocycles. The van der Waals surface area contributed by atoms with Gasteiger partial charge in [0.25, 0.3) is 0 Å². The standard InChI is InChI=1S/C31H28FN5O3/c1-40-28-18-10-5-13-23(28)20-36(29(38)21-37-27-17-9-8-16-26(27)34-35-37)30(24-14-6-7-15-25(24)32)31(39)33-19-22-11-3-2-4-12-22/h2-18,30H,19-21H2,1H3,(H,33,39)/t30-/m0/s1. The summed E-state index contributed by atoms with van der Waals surface area (Å²) in [6.07, 6.45) is 0. The van der Waals surface area contributed by atoms with Gasteiger partial charge in [-0.1, -0.05) is 84.1 Å². The predicted molar refractivity (Wildman–Crippen MR) is 149 cm³/mol. The fourth-order valence-electron chi connectivity index (χ4n) is 4.62. The molecule has 40 heavy (non-hydrogen) atoms. The van der Waals surface area contributed by atoms with Gasteiger partial charge in [0.05, 0.1) is 19.2 Å². The zero-order chi connectivity index (χ0) is 27.9. The Morgan fingerprint density at radius 2 is 1.62 bits per heavy atom. The summed E-state index contributed by atoms with van der Waals surface area (Å²) in [6.45, 7) is 0.00877. The van der Waals surface area contributed by atoms with Crippen LogP contribution >= 0.6 is 0 Å². The summed E-state index contributed by atoms with van der Waals surface area (Å²) in [4.78, 5) is 29.3. The van der Waals surface area contributed by atoms with Gasteiger partial charge in [0.2, 0.25) is 11.8 Å². The smallest absolute Gasteiger partial charge is 0.247 e. The molecule has 202 valence electrons. The Bertz CT molecular complexity index is 1620. The molecule has 0 aliphatic carbocycles. The van der Waals surface area contributed by atoms with E-state index < -0.39 is 23.7 Å². The molecular formula is C31H28FN5O3. The Kier molecular flexibility index (Phi) is 8.10. The van der Waals surface area contributed by atoms with Crippen LogP contribution in [0.1, 0.15) is 22.7 Å². The van der Waals surface area contributed by atoms with Crippen molar-refractivity contribution in [3.8, 4) is 5.75 Å². The highest BCUT2D eigenvalue weighted by Crippen LogP contribution is 2.29. The lowest BCUT2D eigenvalue weighted by Crippen LogP contribution is -2.45. The first-order valence-corrected chi connectivity index (χ1v) is 12.8. The second-order valence-corrected chi connectivity index (χ2v) is 9.20. The molecule has 2 amide bonds. The summed E-state index contributed by atoms with van der Waals surface area (Å²) in [7, 11) is 1.54. The van der Waals surface area contributed by atoms with E-state index in [-0.39, 0.29) is 25.2 Å². The third-order valence-electron chi connectivity index (χ3n) is 6.63. The van der Waals surface area contributed by atoms with Gasteiger partial charge in [0.1, 0.15) is 29.7 Å². The molecule has 0 aliphatic heterocycles. The highest BCUT2D eigenvalue weighted by Gasteiger charge is 2.34. The number of fused-ring (bicyclic) bond motifs is 1. The SMILES string of the molecule is COc1ccccc1CN(C(=O)Cn1nnc2ccccc21)[C@H](C(=O)NCc1ccccc1)c1ccccc1F. The monoisotopic (exact) mass is 537 g/mol. The Labute approximate surface area is 231 Å². The maximum Gasteiger partial charge on any atom is 0.247 e. The minimum absolute atomic E-state index is 0.00671. The largest absolute Gasteiger partial charge is 0.496 e. The summed E-state index contributed by atoms with van der Waals surface area (Å²) in [5, 5.41) is 11.2. The van der Waals surface area contributed by atoms with Gasteiger partial charge in [-0.15, -0.1) is 5.10 Å². The van der Waals surface area contributed by atoms with Crippen LogP contribution in [0.3, 0.4) is 0 Å². The van der Waals surface area contributed by atoms with Crippen molar-refractivity contribution in [1.82, 2.24) is 25.2 Å². The van der Waals surface area contributed by atoms with Crippen LogP contribution in [0.5, 0.6) is 5.75 Å². The fourth-order valence-corrected chi connectivity index (χ4v) is 4.62. The predicted octanol–water partition coefficient (Wildman–Crippen LogP) is 4.67. The number of carbonyl (C=O) groups is 2. The quantitative estimate of drug-likeness (QED) is 0.280. The van der Waals surface area contributed by atoms with Crippen LogP contribution in [0.15, 0.2) is 103 Å². The topological polar surface area (TPSA) is 89.3 Å². The number of rotatable bonds is 10. The molecule has 0 saturated heterocycles. The molecule has 0 saturated carbocycles. The van der Waals surface area contributed by atoms with Crippen molar-refractivity contribution in [3.63, 3.8) is 0 Å². The number of benzene rings is 4. The third-order valence-corrected chi connectivity index (χ3v) is 6.63. The average molecular weight is 538 g/mol. The number of halogens is 1. The molecule has 1 heterocycles. The van der Waals surface area contributed by atoms with E-state index in [0.717, 1.165) is 5.56 Å². The first kappa shape index (κ1) is 26.6. The number of ether oxygens (including phenoxy) is 1. The molecule has 0 unspecified atom stereocenters. The number of aromatic nitrogens is 3. The summed E-state index contributed by atoms with van der Waals surface area (Å²) < 4.78 is 22.3. The highest BCUT2D eigenvalue weighted by molar-refractivity contribution is 5.89. The van der Waals surface area contributed by atoms with E-state index in [9.17, 15) is 9.59 Å². The number of nitrogens with zero attached hydrogens (tertiary/aromatic N) is 4. The molecule has 5 rings (SSSR count). The van der Waals surface area contributed by atoms with Crippen molar-refractivity contribution in [2.75, 3.05) is 7.11 Å². The van der Waals surface area contributed by atoms with E-state index in [0.29, 0.717) is 22.3 Å². The van der Waals surface area contributed by atoms with Crippen LogP contribution < -0.4 is 10.1 Å². The molecule has 9 heteroatoms. The molecule has 0 fully saturated rings. The van der Waals surface area contributed by atoms with Crippen molar-refractivity contribution in [2.45, 2.75) is 25.7 Å². The highest BCUT2D eigenvalue weighted by atomic mass is 19.1. The van der Waals surface area contributed by atoms with Gasteiger partial charge < -0.3 is 15.0 Å². The van der Waals surface area contributed by atoms with Gasteiger partial charge in [-0.25, -0.2) is 9.07 Å². The molecule has 0 aliphatic rings. The van der Waals surface area contributed by atoms with Crippen molar-refractivity contribution in [1.29, 1.82) is 0 Å². The minimum Gasteiger partial charge on any atom is -0.496 e. The summed E-state index contributed by atoms with van der Waals surface area (Å²) in [5.41, 5.74) is 2.93. The molecule has 5 aromatic rings. The van der Waals surface area contributed by atoms with E-state index in [1.54, 1.807) is 24.3 Å². The van der Waals surface area contributed by atoms with Crippen LogP contribution in [-0.4, -0.2) is 38.8 Å². The van der Waals surface area contributed by atoms with Gasteiger partial charge in [0, 0.05) is 17.7 Å². The minimum atomic E-state index is -1.27. The number of nitrogens with one attached hydrogen (secondary N) is 1. The third kappa shape index (κ3) is 5.83. The van der Waals surface area contributed by atoms with Crippen LogP contribution in [-0.2, 0) is 29.2 Å². The first-order chi connectivity index (χ1) is 19.5. The maximum atomic E-state index is 15.3. The Morgan fingerprint density at radius 3 is 2.42 bits per heavy atom. The first-order valence-electron chi connectivity index (χ1n) is 12.8. The van der Waals surface area contributed by atoms with Crippen LogP contribution in [0, 0.1) is 5.82 Å². The van der Waals surface area contributed by atoms with E-state index >= 15 is 4.39 Å². The van der Waals surface area contributed by atoms with Crippen molar-refractivity contribution in [2.24, 2.45) is 0 Å². The van der Waals surface area contributed by atoms with Gasteiger partial charge in [0.15, 0.2) is 0 Å². The number of hydrogen-bond acceptors (Lipinski definition) is 5. The van der Waals surface area contributed by atoms with Gasteiger partial charge in [-0.3, -0.25) is 9.59 Å². The van der Waals surface area contributed by atoms with Gasteiger partial charge >= 0.3 is 0 Å². The van der Waals surface area contributed by atoms with E-state index in [1.165, 1.54) is 28.8 Å². The molecule has 1 N–H and O–H groups in total. The number of methoxy groups -OCH3 is 1. The van der Waals surface area contributed by atoms with Crippen molar-refractivity contribution < 1.29 is 18.7 Å². The lowest BCUT2D eigenvalue weighted by atomic mass is 10.0. The molecule has 1 atom stereocenters. The van der Waals surface area contributed by atoms with Gasteiger partial charge in [-0.05, 0) is 29.8 Å². The maximum absolute atomic E-state index is 15.3. The van der Waals surface area contributed by atoms with Gasteiger partial charge in [-0.2, -0.15) is 0 Å². The Hall–Kier alpha value is -5.05. The van der Waals surface area contributed by atoms with Crippen molar-refractivity contribution in [3.05, 3.63) is 126 Å². The number of carbonyl (C=O) groups excluding carboxylic acids is 2. The van der Waals surface area contributed by atoms with Crippen LogP contribution in [0.2, 0.25) is 0 Å². The molecule has 0 radical (unpaired) electrons. The van der Waals surface area contributed by atoms with E-state index in [4.69, 9.17) is 4.74 Å². The molecular weight excluding hydrogens is 509 g/mol. The second-order valence-electron chi connectivity index (χ2n) is 9.20. The zero-order valence-electron chi connectivity index (χ0n) is 21.9. The van der Waals surface area contributed by atoms with Crippen LogP contribution in [0.4, 0.5) is 4.39 Å². The Morgan fingerprint density at radius 1 is 0.925 bits per heavy atom. The number of amides is 2. The summed E-state index contributed by atoms with van der Waals surface area (Å²) >= 11 is 0. The molecule has 8 nitrogen and oxygen atoms in total.